The summed E-state index contributed by atoms with van der Waals surface area (Å²) in [7, 11) is 0. The van der Waals surface area contributed by atoms with Gasteiger partial charge in [-0.25, -0.2) is 0 Å². The quantitative estimate of drug-likeness (QED) is 0.583. The lowest BCUT2D eigenvalue weighted by molar-refractivity contribution is -0.141. The molecule has 1 rings (SSSR count). The molecule has 0 aliphatic carbocycles. The Balaban J connectivity index is 2.44. The molecule has 0 radical (unpaired) electrons. The summed E-state index contributed by atoms with van der Waals surface area (Å²) in [6.45, 7) is 1.56. The van der Waals surface area contributed by atoms with Crippen molar-refractivity contribution in [2.45, 2.75) is 19.4 Å². The number of nitrogens with one attached hydrogen (secondary N) is 1. The number of carboxylic acids is 1. The normalized spacial score (nSPS) is 13.6. The predicted molar refractivity (Wildman–Crippen MR) is 69.6 cm³/mol. The van der Waals surface area contributed by atoms with Gasteiger partial charge in [0.05, 0.1) is 12.0 Å². The Labute approximate surface area is 111 Å². The molecule has 0 aromatic heterocycles. The second-order valence-electron chi connectivity index (χ2n) is 4.46. The zero-order valence-corrected chi connectivity index (χ0v) is 10.7. The minimum absolute atomic E-state index is 0.0530. The second kappa shape index (κ2) is 6.75. The lowest BCUT2D eigenvalue weighted by atomic mass is 10.1. The fourth-order valence-corrected chi connectivity index (χ4v) is 1.45. The first-order chi connectivity index (χ1) is 8.90. The molecular weight excluding hydrogens is 248 g/mol. The van der Waals surface area contributed by atoms with E-state index >= 15 is 0 Å². The number of hydrogen-bond donors (Lipinski definition) is 4. The summed E-state index contributed by atoms with van der Waals surface area (Å²) in [5.41, 5.74) is 6.55. The lowest BCUT2D eigenvalue weighted by Gasteiger charge is -2.13. The van der Waals surface area contributed by atoms with Crippen LogP contribution in [0.1, 0.15) is 12.5 Å². The molecule has 6 nitrogen and oxygen atoms in total. The molecule has 1 amide bonds. The summed E-state index contributed by atoms with van der Waals surface area (Å²) in [4.78, 5) is 22.3. The van der Waals surface area contributed by atoms with Gasteiger partial charge < -0.3 is 21.3 Å². The first-order valence-electron chi connectivity index (χ1n) is 5.94. The first-order valence-corrected chi connectivity index (χ1v) is 5.94. The Morgan fingerprint density at radius 3 is 2.42 bits per heavy atom. The Morgan fingerprint density at radius 2 is 1.89 bits per heavy atom. The number of amides is 1. The summed E-state index contributed by atoms with van der Waals surface area (Å²) in [6.07, 6.45) is 0.327. The maximum atomic E-state index is 11.7. The number of rotatable bonds is 6. The zero-order valence-electron chi connectivity index (χ0n) is 10.7. The van der Waals surface area contributed by atoms with Crippen LogP contribution in [-0.4, -0.2) is 34.7 Å². The third-order valence-corrected chi connectivity index (χ3v) is 2.73. The van der Waals surface area contributed by atoms with Gasteiger partial charge in [0.25, 0.3) is 0 Å². The van der Waals surface area contributed by atoms with E-state index in [4.69, 9.17) is 15.9 Å². The van der Waals surface area contributed by atoms with Crippen LogP contribution in [0.4, 0.5) is 0 Å². The van der Waals surface area contributed by atoms with Crippen molar-refractivity contribution in [1.82, 2.24) is 5.32 Å². The molecule has 0 heterocycles. The van der Waals surface area contributed by atoms with Crippen LogP contribution in [0, 0.1) is 5.92 Å². The number of carboxylic acid groups (broad SMARTS) is 1. The molecule has 0 saturated heterocycles. The van der Waals surface area contributed by atoms with Crippen molar-refractivity contribution in [3.05, 3.63) is 29.8 Å². The van der Waals surface area contributed by atoms with Gasteiger partial charge in [0.2, 0.25) is 5.91 Å². The van der Waals surface area contributed by atoms with E-state index < -0.39 is 17.9 Å². The van der Waals surface area contributed by atoms with Crippen molar-refractivity contribution >= 4 is 11.9 Å². The summed E-state index contributed by atoms with van der Waals surface area (Å²) >= 11 is 0. The van der Waals surface area contributed by atoms with Crippen LogP contribution in [0.15, 0.2) is 24.3 Å². The van der Waals surface area contributed by atoms with Crippen molar-refractivity contribution in [3.8, 4) is 5.75 Å². The highest BCUT2D eigenvalue weighted by Gasteiger charge is 2.17. The monoisotopic (exact) mass is 266 g/mol. The summed E-state index contributed by atoms with van der Waals surface area (Å²) < 4.78 is 0. The number of benzene rings is 1. The Bertz CT molecular complexity index is 444. The van der Waals surface area contributed by atoms with Crippen LogP contribution in [-0.2, 0) is 16.0 Å². The number of phenolic OH excluding ortho intramolecular Hbond substituents is 1. The van der Waals surface area contributed by atoms with Gasteiger partial charge in [-0.1, -0.05) is 19.1 Å². The molecular formula is C13H18N2O4. The molecule has 0 saturated carbocycles. The molecule has 0 spiro atoms. The average molecular weight is 266 g/mol. The fraction of sp³-hybridized carbons (Fsp3) is 0.385. The summed E-state index contributed by atoms with van der Waals surface area (Å²) in [5.74, 6) is -1.85. The number of carbonyl (C=O) groups is 2. The number of carbonyl (C=O) groups excluding carboxylic acids is 1. The van der Waals surface area contributed by atoms with Crippen LogP contribution in [0.25, 0.3) is 0 Å². The molecule has 6 heteroatoms. The van der Waals surface area contributed by atoms with E-state index in [1.165, 1.54) is 19.1 Å². The molecule has 1 aromatic rings. The molecule has 0 bridgehead atoms. The smallest absolute Gasteiger partial charge is 0.308 e. The molecule has 104 valence electrons. The lowest BCUT2D eigenvalue weighted by Crippen LogP contribution is -2.44. The van der Waals surface area contributed by atoms with Crippen LogP contribution in [0.3, 0.4) is 0 Å². The highest BCUT2D eigenvalue weighted by molar-refractivity contribution is 5.82. The Kier molecular flexibility index (Phi) is 5.32. The van der Waals surface area contributed by atoms with Crippen molar-refractivity contribution in [2.24, 2.45) is 11.7 Å². The maximum absolute atomic E-state index is 11.7. The highest BCUT2D eigenvalue weighted by Crippen LogP contribution is 2.10. The second-order valence-corrected chi connectivity index (χ2v) is 4.46. The van der Waals surface area contributed by atoms with Gasteiger partial charge >= 0.3 is 5.97 Å². The number of hydrogen-bond acceptors (Lipinski definition) is 4. The van der Waals surface area contributed by atoms with Gasteiger partial charge in [-0.05, 0) is 24.1 Å². The van der Waals surface area contributed by atoms with Crippen LogP contribution >= 0.6 is 0 Å². The van der Waals surface area contributed by atoms with Crippen molar-refractivity contribution in [3.63, 3.8) is 0 Å². The van der Waals surface area contributed by atoms with Gasteiger partial charge in [-0.3, -0.25) is 9.59 Å². The van der Waals surface area contributed by atoms with Crippen molar-refractivity contribution in [2.75, 3.05) is 6.54 Å². The van der Waals surface area contributed by atoms with E-state index in [0.717, 1.165) is 5.56 Å². The molecule has 2 atom stereocenters. The topological polar surface area (TPSA) is 113 Å². The Hall–Kier alpha value is -2.08. The molecule has 0 fully saturated rings. The van der Waals surface area contributed by atoms with Crippen LogP contribution < -0.4 is 11.1 Å². The SMILES string of the molecule is CC(CNC(=O)C(N)Cc1ccc(O)cc1)C(=O)O. The van der Waals surface area contributed by atoms with E-state index in [2.05, 4.69) is 5.32 Å². The highest BCUT2D eigenvalue weighted by atomic mass is 16.4. The average Bonchev–Trinajstić information content (AvgIpc) is 2.37. The van der Waals surface area contributed by atoms with E-state index in [1.54, 1.807) is 12.1 Å². The van der Waals surface area contributed by atoms with Gasteiger partial charge in [-0.15, -0.1) is 0 Å². The number of phenols is 1. The molecule has 19 heavy (non-hydrogen) atoms. The molecule has 1 aromatic carbocycles. The molecule has 2 unspecified atom stereocenters. The standard InChI is InChI=1S/C13H18N2O4/c1-8(13(18)19)7-15-12(17)11(14)6-9-2-4-10(16)5-3-9/h2-5,8,11,16H,6-7,14H2,1H3,(H,15,17)(H,18,19). The third-order valence-electron chi connectivity index (χ3n) is 2.73. The minimum atomic E-state index is -0.965. The van der Waals surface area contributed by atoms with Crippen LogP contribution in [0.2, 0.25) is 0 Å². The van der Waals surface area contributed by atoms with E-state index in [0.29, 0.717) is 6.42 Å². The Morgan fingerprint density at radius 1 is 1.32 bits per heavy atom. The van der Waals surface area contributed by atoms with Crippen LogP contribution in [0.5, 0.6) is 5.75 Å². The van der Waals surface area contributed by atoms with E-state index in [1.807, 2.05) is 0 Å². The number of aromatic hydroxyl groups is 1. The van der Waals surface area contributed by atoms with Gasteiger partial charge in [0.1, 0.15) is 5.75 Å². The van der Waals surface area contributed by atoms with Gasteiger partial charge in [0, 0.05) is 6.54 Å². The maximum Gasteiger partial charge on any atom is 0.308 e. The summed E-state index contributed by atoms with van der Waals surface area (Å²) in [5, 5.41) is 20.3. The number of nitrogens with two attached hydrogens (primary N) is 1. The minimum Gasteiger partial charge on any atom is -0.508 e. The van der Waals surface area contributed by atoms with E-state index in [9.17, 15) is 9.59 Å². The molecule has 5 N–H and O–H groups in total. The zero-order chi connectivity index (χ0) is 14.4. The number of aliphatic carboxylic acids is 1. The predicted octanol–water partition coefficient (Wildman–Crippen LogP) is 0.0989. The molecule has 0 aliphatic heterocycles. The van der Waals surface area contributed by atoms with Crippen molar-refractivity contribution < 1.29 is 19.8 Å². The van der Waals surface area contributed by atoms with E-state index in [-0.39, 0.29) is 18.2 Å². The van der Waals surface area contributed by atoms with Gasteiger partial charge in [0.15, 0.2) is 0 Å². The van der Waals surface area contributed by atoms with Crippen molar-refractivity contribution in [1.29, 1.82) is 0 Å². The third kappa shape index (κ3) is 4.97. The fourth-order valence-electron chi connectivity index (χ4n) is 1.45. The molecule has 0 aliphatic rings. The summed E-state index contributed by atoms with van der Waals surface area (Å²) in [6, 6.07) is 5.66. The first kappa shape index (κ1) is 15.0. The van der Waals surface area contributed by atoms with Gasteiger partial charge in [-0.2, -0.15) is 0 Å². The largest absolute Gasteiger partial charge is 0.508 e.